The lowest BCUT2D eigenvalue weighted by Crippen LogP contribution is -2.56. The quantitative estimate of drug-likeness (QED) is 0.315. The van der Waals surface area contributed by atoms with Crippen molar-refractivity contribution >= 4 is 17.9 Å². The number of alkyl carbamates (subject to hydrolysis) is 1. The maximum atomic E-state index is 13.8. The van der Waals surface area contributed by atoms with Gasteiger partial charge in [-0.25, -0.2) is 4.79 Å². The maximum Gasteiger partial charge on any atom is 0.408 e. The van der Waals surface area contributed by atoms with E-state index in [9.17, 15) is 19.5 Å². The summed E-state index contributed by atoms with van der Waals surface area (Å²) >= 11 is 0. The summed E-state index contributed by atoms with van der Waals surface area (Å²) in [5, 5.41) is 15.4. The van der Waals surface area contributed by atoms with Crippen molar-refractivity contribution in [3.63, 3.8) is 0 Å². The van der Waals surface area contributed by atoms with Gasteiger partial charge < -0.3 is 25.4 Å². The van der Waals surface area contributed by atoms with Crippen LogP contribution in [-0.4, -0.2) is 58.2 Å². The van der Waals surface area contributed by atoms with Gasteiger partial charge in [0.2, 0.25) is 11.8 Å². The smallest absolute Gasteiger partial charge is 0.408 e. The molecule has 36 heavy (non-hydrogen) atoms. The number of aliphatic hydroxyl groups excluding tert-OH is 1. The highest BCUT2D eigenvalue weighted by molar-refractivity contribution is 5.92. The number of benzene rings is 1. The number of carbonyl (C=O) groups excluding carboxylic acids is 3. The third kappa shape index (κ3) is 10.3. The minimum absolute atomic E-state index is 0.243. The summed E-state index contributed by atoms with van der Waals surface area (Å²) in [6.07, 6.45) is 8.38. The number of unbranched alkanes of at least 4 members (excludes halogenated alkanes) is 3. The number of aliphatic hydroxyl groups is 1. The Bertz CT molecular complexity index is 924. The van der Waals surface area contributed by atoms with Gasteiger partial charge in [0.25, 0.3) is 0 Å². The van der Waals surface area contributed by atoms with Crippen molar-refractivity contribution in [1.29, 1.82) is 0 Å². The van der Waals surface area contributed by atoms with E-state index in [1.165, 1.54) is 4.90 Å². The van der Waals surface area contributed by atoms with Crippen LogP contribution in [0.2, 0.25) is 0 Å². The van der Waals surface area contributed by atoms with E-state index in [2.05, 4.69) is 23.5 Å². The molecule has 0 aliphatic carbocycles. The SMILES string of the molecule is C#Cc1ccccc1C(C(=O)NC(C)(C)C)N(CCCCCC)C(=O)C(CO)NC(=O)OC(C)(C)C. The predicted octanol–water partition coefficient (Wildman–Crippen LogP) is 3.92. The van der Waals surface area contributed by atoms with E-state index < -0.39 is 47.7 Å². The van der Waals surface area contributed by atoms with Gasteiger partial charge in [-0.15, -0.1) is 6.42 Å². The Morgan fingerprint density at radius 1 is 1.08 bits per heavy atom. The van der Waals surface area contributed by atoms with Crippen molar-refractivity contribution in [3.8, 4) is 12.3 Å². The molecule has 3 amide bonds. The highest BCUT2D eigenvalue weighted by atomic mass is 16.6. The first-order valence-corrected chi connectivity index (χ1v) is 12.5. The Morgan fingerprint density at radius 2 is 1.72 bits per heavy atom. The number of nitrogens with one attached hydrogen (secondary N) is 2. The standard InChI is InChI=1S/C28H43N3O5/c1-9-11-12-15-18-31(25(34)22(19-32)29-26(35)36-28(6,7)8)23(24(33)30-27(3,4)5)21-17-14-13-16-20(21)10-2/h2,13-14,16-17,22-23,32H,9,11-12,15,18-19H2,1,3-8H3,(H,29,35)(H,30,33). The van der Waals surface area contributed by atoms with Gasteiger partial charge in [0.1, 0.15) is 17.7 Å². The molecule has 0 saturated carbocycles. The van der Waals surface area contributed by atoms with E-state index >= 15 is 0 Å². The van der Waals surface area contributed by atoms with Gasteiger partial charge in [0.15, 0.2) is 0 Å². The van der Waals surface area contributed by atoms with Gasteiger partial charge in [-0.2, -0.15) is 0 Å². The molecule has 8 nitrogen and oxygen atoms in total. The molecule has 1 aromatic carbocycles. The third-order valence-corrected chi connectivity index (χ3v) is 5.18. The second-order valence-electron chi connectivity index (χ2n) is 10.8. The van der Waals surface area contributed by atoms with E-state index in [1.807, 2.05) is 20.8 Å². The van der Waals surface area contributed by atoms with Gasteiger partial charge in [-0.1, -0.05) is 50.3 Å². The topological polar surface area (TPSA) is 108 Å². The number of nitrogens with zero attached hydrogens (tertiary/aromatic N) is 1. The van der Waals surface area contributed by atoms with Crippen molar-refractivity contribution in [2.75, 3.05) is 13.2 Å². The van der Waals surface area contributed by atoms with Crippen LogP contribution in [0.1, 0.15) is 91.3 Å². The fourth-order valence-corrected chi connectivity index (χ4v) is 3.67. The van der Waals surface area contributed by atoms with Crippen molar-refractivity contribution < 1.29 is 24.2 Å². The monoisotopic (exact) mass is 501 g/mol. The average molecular weight is 502 g/mol. The third-order valence-electron chi connectivity index (χ3n) is 5.18. The van der Waals surface area contributed by atoms with Crippen molar-refractivity contribution in [1.82, 2.24) is 15.5 Å². The second kappa shape index (κ2) is 13.9. The minimum atomic E-state index is -1.30. The summed E-state index contributed by atoms with van der Waals surface area (Å²) in [5.74, 6) is 1.61. The van der Waals surface area contributed by atoms with Gasteiger partial charge in [0, 0.05) is 17.6 Å². The molecule has 1 rings (SSSR count). The normalized spacial score (nSPS) is 13.2. The number of carbonyl (C=O) groups is 3. The summed E-state index contributed by atoms with van der Waals surface area (Å²) < 4.78 is 5.27. The first-order valence-electron chi connectivity index (χ1n) is 12.5. The van der Waals surface area contributed by atoms with Gasteiger partial charge in [-0.05, 0) is 59.6 Å². The number of ether oxygens (including phenoxy) is 1. The summed E-state index contributed by atoms with van der Waals surface area (Å²) in [6.45, 7) is 12.3. The first kappa shape index (κ1) is 31.0. The lowest BCUT2D eigenvalue weighted by molar-refractivity contribution is -0.144. The molecule has 3 N–H and O–H groups in total. The van der Waals surface area contributed by atoms with Crippen LogP contribution in [0.25, 0.3) is 0 Å². The van der Waals surface area contributed by atoms with Crippen LogP contribution in [-0.2, 0) is 14.3 Å². The summed E-state index contributed by atoms with van der Waals surface area (Å²) in [5.41, 5.74) is -0.366. The molecule has 2 unspecified atom stereocenters. The Hall–Kier alpha value is -3.05. The van der Waals surface area contributed by atoms with Crippen LogP contribution in [0.5, 0.6) is 0 Å². The summed E-state index contributed by atoms with van der Waals surface area (Å²) in [7, 11) is 0. The Kier molecular flexibility index (Phi) is 11.9. The zero-order valence-electron chi connectivity index (χ0n) is 22.8. The Balaban J connectivity index is 3.51. The van der Waals surface area contributed by atoms with Crippen molar-refractivity contribution in [3.05, 3.63) is 35.4 Å². The zero-order chi connectivity index (χ0) is 27.5. The predicted molar refractivity (Wildman–Crippen MR) is 141 cm³/mol. The fourth-order valence-electron chi connectivity index (χ4n) is 3.67. The summed E-state index contributed by atoms with van der Waals surface area (Å²) in [4.78, 5) is 41.2. The Labute approximate surface area is 216 Å². The van der Waals surface area contributed by atoms with E-state index in [1.54, 1.807) is 45.0 Å². The van der Waals surface area contributed by atoms with Crippen LogP contribution >= 0.6 is 0 Å². The lowest BCUT2D eigenvalue weighted by atomic mass is 9.96. The van der Waals surface area contributed by atoms with Gasteiger partial charge in [-0.3, -0.25) is 9.59 Å². The molecule has 0 saturated heterocycles. The fraction of sp³-hybridized carbons (Fsp3) is 0.607. The number of hydrogen-bond donors (Lipinski definition) is 3. The molecule has 2 atom stereocenters. The molecular formula is C28H43N3O5. The van der Waals surface area contributed by atoms with Crippen molar-refractivity contribution in [2.45, 2.75) is 97.4 Å². The van der Waals surface area contributed by atoms with Gasteiger partial charge in [0.05, 0.1) is 6.61 Å². The molecule has 1 aromatic rings. The molecule has 8 heteroatoms. The van der Waals surface area contributed by atoms with Crippen LogP contribution in [0.3, 0.4) is 0 Å². The zero-order valence-corrected chi connectivity index (χ0v) is 22.8. The Morgan fingerprint density at radius 3 is 2.25 bits per heavy atom. The molecule has 0 spiro atoms. The van der Waals surface area contributed by atoms with E-state index in [4.69, 9.17) is 11.2 Å². The molecule has 0 aliphatic rings. The highest BCUT2D eigenvalue weighted by Gasteiger charge is 2.37. The molecular weight excluding hydrogens is 458 g/mol. The number of hydrogen-bond acceptors (Lipinski definition) is 5. The number of amides is 3. The molecule has 0 fully saturated rings. The van der Waals surface area contributed by atoms with Gasteiger partial charge >= 0.3 is 6.09 Å². The second-order valence-corrected chi connectivity index (χ2v) is 10.8. The molecule has 0 aliphatic heterocycles. The summed E-state index contributed by atoms with van der Waals surface area (Å²) in [6, 6.07) is 4.62. The average Bonchev–Trinajstić information content (AvgIpc) is 2.76. The van der Waals surface area contributed by atoms with Crippen LogP contribution in [0.4, 0.5) is 4.79 Å². The van der Waals surface area contributed by atoms with Crippen LogP contribution in [0.15, 0.2) is 24.3 Å². The molecule has 0 radical (unpaired) electrons. The molecule has 0 heterocycles. The molecule has 0 aromatic heterocycles. The number of terminal acetylenes is 1. The van der Waals surface area contributed by atoms with E-state index in [0.29, 0.717) is 17.5 Å². The molecule has 200 valence electrons. The lowest BCUT2D eigenvalue weighted by Gasteiger charge is -2.36. The first-order chi connectivity index (χ1) is 16.7. The van der Waals surface area contributed by atoms with Crippen LogP contribution in [0, 0.1) is 12.3 Å². The largest absolute Gasteiger partial charge is 0.444 e. The van der Waals surface area contributed by atoms with Crippen molar-refractivity contribution in [2.24, 2.45) is 0 Å². The minimum Gasteiger partial charge on any atom is -0.444 e. The van der Waals surface area contributed by atoms with Crippen LogP contribution < -0.4 is 10.6 Å². The molecule has 0 bridgehead atoms. The van der Waals surface area contributed by atoms with E-state index in [0.717, 1.165) is 19.3 Å². The highest BCUT2D eigenvalue weighted by Crippen LogP contribution is 2.27. The number of rotatable bonds is 11. The van der Waals surface area contributed by atoms with E-state index in [-0.39, 0.29) is 6.54 Å². The maximum absolute atomic E-state index is 13.8.